The van der Waals surface area contributed by atoms with Gasteiger partial charge in [-0.3, -0.25) is 4.68 Å². The van der Waals surface area contributed by atoms with E-state index in [0.717, 1.165) is 54.9 Å². The third-order valence-corrected chi connectivity index (χ3v) is 4.79. The van der Waals surface area contributed by atoms with Crippen molar-refractivity contribution in [3.05, 3.63) is 47.9 Å². The van der Waals surface area contributed by atoms with Crippen molar-refractivity contribution in [2.45, 2.75) is 31.8 Å². The van der Waals surface area contributed by atoms with Crippen LogP contribution in [0, 0.1) is 0 Å². The van der Waals surface area contributed by atoms with E-state index in [9.17, 15) is 5.11 Å². The summed E-state index contributed by atoms with van der Waals surface area (Å²) >= 11 is 0. The standard InChI is InChI=1S/C19H23N5O/c1-23-18-16(12-20-23)19(24-11-5-8-15(25)13-24)22-17(21-18)10-9-14-6-3-2-4-7-14/h2-4,6-7,12,15,25H,5,8-11,13H2,1H3/t15-/m0/s1. The molecule has 130 valence electrons. The Bertz CT molecular complexity index is 861. The predicted octanol–water partition coefficient (Wildman–Crippen LogP) is 2.11. The van der Waals surface area contributed by atoms with Gasteiger partial charge in [-0.25, -0.2) is 9.97 Å². The highest BCUT2D eigenvalue weighted by molar-refractivity contribution is 5.87. The molecule has 25 heavy (non-hydrogen) atoms. The number of hydrogen-bond donors (Lipinski definition) is 1. The molecule has 1 saturated heterocycles. The van der Waals surface area contributed by atoms with E-state index in [1.54, 1.807) is 4.68 Å². The topological polar surface area (TPSA) is 67.1 Å². The van der Waals surface area contributed by atoms with Crippen LogP contribution in [0.3, 0.4) is 0 Å². The van der Waals surface area contributed by atoms with Gasteiger partial charge in [-0.15, -0.1) is 0 Å². The number of aliphatic hydroxyl groups excluding tert-OH is 1. The van der Waals surface area contributed by atoms with Crippen molar-refractivity contribution in [3.63, 3.8) is 0 Å². The second kappa shape index (κ2) is 6.80. The van der Waals surface area contributed by atoms with Crippen molar-refractivity contribution in [1.82, 2.24) is 19.7 Å². The van der Waals surface area contributed by atoms with Gasteiger partial charge in [0.05, 0.1) is 17.7 Å². The van der Waals surface area contributed by atoms with Crippen LogP contribution in [-0.2, 0) is 19.9 Å². The minimum absolute atomic E-state index is 0.289. The molecular weight excluding hydrogens is 314 g/mol. The lowest BCUT2D eigenvalue weighted by atomic mass is 10.1. The van der Waals surface area contributed by atoms with Crippen LogP contribution >= 0.6 is 0 Å². The first-order valence-corrected chi connectivity index (χ1v) is 8.86. The van der Waals surface area contributed by atoms with Gasteiger partial charge in [0, 0.05) is 26.6 Å². The van der Waals surface area contributed by atoms with E-state index in [-0.39, 0.29) is 6.10 Å². The molecule has 0 aliphatic carbocycles. The molecule has 1 atom stereocenters. The Hall–Kier alpha value is -2.47. The summed E-state index contributed by atoms with van der Waals surface area (Å²) in [6.45, 7) is 1.54. The van der Waals surface area contributed by atoms with Crippen LogP contribution < -0.4 is 4.90 Å². The molecule has 3 aromatic rings. The fourth-order valence-electron chi connectivity index (χ4n) is 3.45. The fraction of sp³-hybridized carbons (Fsp3) is 0.421. The van der Waals surface area contributed by atoms with Crippen LogP contribution in [0.1, 0.15) is 24.2 Å². The molecule has 6 nitrogen and oxygen atoms in total. The van der Waals surface area contributed by atoms with E-state index in [1.807, 2.05) is 19.3 Å². The van der Waals surface area contributed by atoms with Gasteiger partial charge in [-0.1, -0.05) is 30.3 Å². The summed E-state index contributed by atoms with van der Waals surface area (Å²) in [5, 5.41) is 15.3. The maximum absolute atomic E-state index is 10.0. The number of benzene rings is 1. The van der Waals surface area contributed by atoms with Gasteiger partial charge in [-0.05, 0) is 24.8 Å². The number of β-amino-alcohol motifs (C(OH)–C–C–N with tert-alkyl or cyclic N) is 1. The molecule has 1 aliphatic heterocycles. The van der Waals surface area contributed by atoms with Gasteiger partial charge in [0.1, 0.15) is 11.6 Å². The lowest BCUT2D eigenvalue weighted by molar-refractivity contribution is 0.154. The SMILES string of the molecule is Cn1ncc2c(N3CCC[C@H](O)C3)nc(CCc3ccccc3)nc21. The molecule has 1 fully saturated rings. The zero-order chi connectivity index (χ0) is 17.2. The first-order valence-electron chi connectivity index (χ1n) is 8.86. The van der Waals surface area contributed by atoms with E-state index >= 15 is 0 Å². The van der Waals surface area contributed by atoms with Crippen LogP contribution in [0.15, 0.2) is 36.5 Å². The Morgan fingerprint density at radius 3 is 2.80 bits per heavy atom. The molecule has 0 unspecified atom stereocenters. The van der Waals surface area contributed by atoms with Gasteiger partial charge in [0.2, 0.25) is 0 Å². The van der Waals surface area contributed by atoms with Gasteiger partial charge in [0.15, 0.2) is 5.65 Å². The average molecular weight is 337 g/mol. The molecule has 6 heteroatoms. The molecular formula is C19H23N5O. The third kappa shape index (κ3) is 3.35. The van der Waals surface area contributed by atoms with Gasteiger partial charge in [-0.2, -0.15) is 5.10 Å². The molecule has 1 aliphatic rings. The zero-order valence-electron chi connectivity index (χ0n) is 14.5. The molecule has 1 aromatic carbocycles. The molecule has 0 radical (unpaired) electrons. The van der Waals surface area contributed by atoms with Crippen molar-refractivity contribution >= 4 is 16.9 Å². The van der Waals surface area contributed by atoms with Crippen molar-refractivity contribution < 1.29 is 5.11 Å². The van der Waals surface area contributed by atoms with E-state index in [2.05, 4.69) is 34.3 Å². The van der Waals surface area contributed by atoms with E-state index < -0.39 is 0 Å². The van der Waals surface area contributed by atoms with Crippen LogP contribution in [0.2, 0.25) is 0 Å². The smallest absolute Gasteiger partial charge is 0.163 e. The Morgan fingerprint density at radius 1 is 1.16 bits per heavy atom. The first kappa shape index (κ1) is 16.0. The maximum Gasteiger partial charge on any atom is 0.163 e. The molecule has 4 rings (SSSR count). The Labute approximate surface area is 147 Å². The van der Waals surface area contributed by atoms with Crippen molar-refractivity contribution in [2.24, 2.45) is 7.05 Å². The molecule has 1 N–H and O–H groups in total. The number of anilines is 1. The molecule has 0 spiro atoms. The van der Waals surface area contributed by atoms with Gasteiger partial charge in [0.25, 0.3) is 0 Å². The minimum Gasteiger partial charge on any atom is -0.391 e. The van der Waals surface area contributed by atoms with Crippen molar-refractivity contribution in [3.8, 4) is 0 Å². The van der Waals surface area contributed by atoms with Crippen LogP contribution in [0.5, 0.6) is 0 Å². The van der Waals surface area contributed by atoms with E-state index in [0.29, 0.717) is 6.54 Å². The number of nitrogens with zero attached hydrogens (tertiary/aromatic N) is 5. The van der Waals surface area contributed by atoms with E-state index in [1.165, 1.54) is 5.56 Å². The third-order valence-electron chi connectivity index (χ3n) is 4.79. The molecule has 3 heterocycles. The van der Waals surface area contributed by atoms with Crippen molar-refractivity contribution in [1.29, 1.82) is 0 Å². The monoisotopic (exact) mass is 337 g/mol. The lowest BCUT2D eigenvalue weighted by Crippen LogP contribution is -2.39. The summed E-state index contributed by atoms with van der Waals surface area (Å²) in [5.74, 6) is 1.73. The molecule has 0 amide bonds. The van der Waals surface area contributed by atoms with Crippen molar-refractivity contribution in [2.75, 3.05) is 18.0 Å². The molecule has 2 aromatic heterocycles. The van der Waals surface area contributed by atoms with Crippen LogP contribution in [-0.4, -0.2) is 44.0 Å². The number of piperidine rings is 1. The summed E-state index contributed by atoms with van der Waals surface area (Å²) in [4.78, 5) is 11.7. The summed E-state index contributed by atoms with van der Waals surface area (Å²) in [6, 6.07) is 10.4. The highest BCUT2D eigenvalue weighted by atomic mass is 16.3. The number of hydrogen-bond acceptors (Lipinski definition) is 5. The summed E-state index contributed by atoms with van der Waals surface area (Å²) < 4.78 is 1.80. The van der Waals surface area contributed by atoms with Gasteiger partial charge < -0.3 is 10.0 Å². The minimum atomic E-state index is -0.289. The van der Waals surface area contributed by atoms with Crippen LogP contribution in [0.4, 0.5) is 5.82 Å². The Balaban J connectivity index is 1.66. The second-order valence-electron chi connectivity index (χ2n) is 6.70. The molecule has 0 saturated carbocycles. The number of fused-ring (bicyclic) bond motifs is 1. The Morgan fingerprint density at radius 2 is 2.00 bits per heavy atom. The van der Waals surface area contributed by atoms with E-state index in [4.69, 9.17) is 9.97 Å². The predicted molar refractivity (Wildman–Crippen MR) is 97.6 cm³/mol. The zero-order valence-corrected chi connectivity index (χ0v) is 14.5. The molecule has 0 bridgehead atoms. The fourth-order valence-corrected chi connectivity index (χ4v) is 3.45. The summed E-state index contributed by atoms with van der Waals surface area (Å²) in [5.41, 5.74) is 2.14. The lowest BCUT2D eigenvalue weighted by Gasteiger charge is -2.31. The highest BCUT2D eigenvalue weighted by Crippen LogP contribution is 2.26. The Kier molecular flexibility index (Phi) is 4.36. The number of aromatic nitrogens is 4. The quantitative estimate of drug-likeness (QED) is 0.790. The average Bonchev–Trinajstić information content (AvgIpc) is 3.01. The number of rotatable bonds is 4. The van der Waals surface area contributed by atoms with Gasteiger partial charge >= 0.3 is 0 Å². The summed E-state index contributed by atoms with van der Waals surface area (Å²) in [6.07, 6.45) is 5.07. The summed E-state index contributed by atoms with van der Waals surface area (Å²) in [7, 11) is 1.91. The maximum atomic E-state index is 10.0. The van der Waals surface area contributed by atoms with Crippen LogP contribution in [0.25, 0.3) is 11.0 Å². The highest BCUT2D eigenvalue weighted by Gasteiger charge is 2.22. The second-order valence-corrected chi connectivity index (χ2v) is 6.70. The number of aliphatic hydroxyl groups is 1. The largest absolute Gasteiger partial charge is 0.391 e. The normalized spacial score (nSPS) is 18.0. The first-order chi connectivity index (χ1) is 12.2. The number of aryl methyl sites for hydroxylation is 3.